The Morgan fingerprint density at radius 2 is 2.05 bits per heavy atom. The molecule has 1 aromatic carbocycles. The Morgan fingerprint density at radius 1 is 1.42 bits per heavy atom. The van der Waals surface area contributed by atoms with Crippen LogP contribution >= 0.6 is 0 Å². The third-order valence-corrected chi connectivity index (χ3v) is 3.21. The molecule has 0 aromatic heterocycles. The fourth-order valence-corrected chi connectivity index (χ4v) is 2.29. The van der Waals surface area contributed by atoms with Gasteiger partial charge < -0.3 is 9.29 Å². The SMILES string of the molecule is CCc1cc(C(F)F)c(C(=O)OC)cc1CS(=O)[O-]. The van der Waals surface area contributed by atoms with E-state index >= 15 is 0 Å². The topological polar surface area (TPSA) is 66.4 Å². The molecule has 0 aliphatic heterocycles. The molecule has 0 bridgehead atoms. The Kier molecular flexibility index (Phi) is 5.56. The number of carbonyl (C=O) groups excluding carboxylic acids is 1. The molecule has 1 atom stereocenters. The largest absolute Gasteiger partial charge is 0.772 e. The molecule has 7 heteroatoms. The summed E-state index contributed by atoms with van der Waals surface area (Å²) in [6.45, 7) is 1.72. The van der Waals surface area contributed by atoms with E-state index in [9.17, 15) is 22.3 Å². The molecule has 0 aliphatic carbocycles. The summed E-state index contributed by atoms with van der Waals surface area (Å²) >= 11 is -2.36. The molecule has 0 fully saturated rings. The summed E-state index contributed by atoms with van der Waals surface area (Å²) in [6, 6.07) is 2.33. The molecular weight excluding hydrogens is 278 g/mol. The van der Waals surface area contributed by atoms with Crippen molar-refractivity contribution in [2.24, 2.45) is 0 Å². The van der Waals surface area contributed by atoms with Crippen molar-refractivity contribution in [1.82, 2.24) is 0 Å². The number of ether oxygens (including phenoxy) is 1. The number of methoxy groups -OCH3 is 1. The maximum Gasteiger partial charge on any atom is 0.338 e. The molecule has 0 N–H and O–H groups in total. The van der Waals surface area contributed by atoms with Gasteiger partial charge in [-0.3, -0.25) is 4.21 Å². The van der Waals surface area contributed by atoms with Crippen molar-refractivity contribution in [3.8, 4) is 0 Å². The van der Waals surface area contributed by atoms with Gasteiger partial charge in [0.15, 0.2) is 0 Å². The van der Waals surface area contributed by atoms with Gasteiger partial charge in [0.25, 0.3) is 6.43 Å². The number of aryl methyl sites for hydroxylation is 1. The zero-order chi connectivity index (χ0) is 14.6. The summed E-state index contributed by atoms with van der Waals surface area (Å²) < 4.78 is 51.7. The van der Waals surface area contributed by atoms with E-state index in [2.05, 4.69) is 4.74 Å². The van der Waals surface area contributed by atoms with Gasteiger partial charge in [0, 0.05) is 11.3 Å². The van der Waals surface area contributed by atoms with Crippen LogP contribution in [0.5, 0.6) is 0 Å². The summed E-state index contributed by atoms with van der Waals surface area (Å²) in [5, 5.41) is 0. The molecule has 4 nitrogen and oxygen atoms in total. The first-order chi connectivity index (χ1) is 8.90. The van der Waals surface area contributed by atoms with Crippen LogP contribution in [-0.2, 0) is 28.0 Å². The number of carbonyl (C=O) groups is 1. The highest BCUT2D eigenvalue weighted by atomic mass is 32.2. The number of halogens is 2. The van der Waals surface area contributed by atoms with Crippen LogP contribution < -0.4 is 0 Å². The number of hydrogen-bond donors (Lipinski definition) is 0. The first kappa shape index (κ1) is 15.7. The molecular formula is C12H13F2O4S-. The zero-order valence-corrected chi connectivity index (χ0v) is 11.3. The van der Waals surface area contributed by atoms with Gasteiger partial charge in [0.05, 0.1) is 12.7 Å². The Balaban J connectivity index is 3.42. The molecule has 0 amide bonds. The standard InChI is InChI=1S/C12H14F2O4S/c1-3-7-4-9(11(13)14)10(12(15)18-2)5-8(7)6-19(16)17/h4-5,11H,3,6H2,1-2H3,(H,16,17)/p-1. The Morgan fingerprint density at radius 3 is 2.47 bits per heavy atom. The fourth-order valence-electron chi connectivity index (χ4n) is 1.77. The average Bonchev–Trinajstić information content (AvgIpc) is 2.36. The van der Waals surface area contributed by atoms with E-state index in [1.165, 1.54) is 12.1 Å². The van der Waals surface area contributed by atoms with Crippen LogP contribution in [0.2, 0.25) is 0 Å². The minimum absolute atomic E-state index is 0.296. The van der Waals surface area contributed by atoms with Crippen molar-refractivity contribution >= 4 is 17.0 Å². The first-order valence-electron chi connectivity index (χ1n) is 5.48. The van der Waals surface area contributed by atoms with Crippen LogP contribution in [0.3, 0.4) is 0 Å². The Bertz CT molecular complexity index is 503. The number of rotatable bonds is 5. The van der Waals surface area contributed by atoms with Crippen LogP contribution in [0, 0.1) is 0 Å². The first-order valence-corrected chi connectivity index (χ1v) is 6.73. The van der Waals surface area contributed by atoms with E-state index in [0.29, 0.717) is 17.5 Å². The van der Waals surface area contributed by atoms with Crippen molar-refractivity contribution in [2.75, 3.05) is 7.11 Å². The average molecular weight is 291 g/mol. The van der Waals surface area contributed by atoms with Crippen molar-refractivity contribution in [3.05, 3.63) is 34.4 Å². The van der Waals surface area contributed by atoms with E-state index in [4.69, 9.17) is 0 Å². The summed E-state index contributed by atoms with van der Waals surface area (Å²) in [5.41, 5.74) is 0.0760. The minimum atomic E-state index is -2.83. The maximum atomic E-state index is 12.9. The van der Waals surface area contributed by atoms with E-state index in [1.54, 1.807) is 6.92 Å². The predicted octanol–water partition coefficient (Wildman–Crippen LogP) is 2.35. The molecule has 1 rings (SSSR count). The second kappa shape index (κ2) is 6.72. The van der Waals surface area contributed by atoms with Crippen molar-refractivity contribution < 1.29 is 27.1 Å². The van der Waals surface area contributed by atoms with Crippen LogP contribution in [0.15, 0.2) is 12.1 Å². The van der Waals surface area contributed by atoms with Crippen LogP contribution in [0.1, 0.15) is 40.4 Å². The monoisotopic (exact) mass is 291 g/mol. The number of esters is 1. The smallest absolute Gasteiger partial charge is 0.338 e. The lowest BCUT2D eigenvalue weighted by Crippen LogP contribution is -2.10. The van der Waals surface area contributed by atoms with Crippen LogP contribution in [-0.4, -0.2) is 21.8 Å². The lowest BCUT2D eigenvalue weighted by atomic mass is 9.97. The molecule has 0 spiro atoms. The molecule has 1 unspecified atom stereocenters. The van der Waals surface area contributed by atoms with Gasteiger partial charge in [-0.1, -0.05) is 18.0 Å². The van der Waals surface area contributed by atoms with E-state index in [-0.39, 0.29) is 11.3 Å². The lowest BCUT2D eigenvalue weighted by Gasteiger charge is -2.15. The van der Waals surface area contributed by atoms with Crippen LogP contribution in [0.25, 0.3) is 0 Å². The summed E-state index contributed by atoms with van der Waals surface area (Å²) in [5.74, 6) is -1.23. The Labute approximate surface area is 112 Å². The third kappa shape index (κ3) is 3.81. The van der Waals surface area contributed by atoms with Gasteiger partial charge >= 0.3 is 5.97 Å². The quantitative estimate of drug-likeness (QED) is 0.617. The molecule has 19 heavy (non-hydrogen) atoms. The van der Waals surface area contributed by atoms with Crippen LogP contribution in [0.4, 0.5) is 8.78 Å². The van der Waals surface area contributed by atoms with E-state index in [1.807, 2.05) is 0 Å². The predicted molar refractivity (Wildman–Crippen MR) is 64.7 cm³/mol. The van der Waals surface area contributed by atoms with E-state index < -0.39 is 29.0 Å². The van der Waals surface area contributed by atoms with Gasteiger partial charge in [-0.15, -0.1) is 0 Å². The zero-order valence-electron chi connectivity index (χ0n) is 10.4. The lowest BCUT2D eigenvalue weighted by molar-refractivity contribution is 0.0589. The molecule has 0 saturated heterocycles. The molecule has 0 radical (unpaired) electrons. The number of benzene rings is 1. The maximum absolute atomic E-state index is 12.9. The third-order valence-electron chi connectivity index (χ3n) is 2.67. The van der Waals surface area contributed by atoms with Crippen molar-refractivity contribution in [2.45, 2.75) is 25.5 Å². The van der Waals surface area contributed by atoms with Crippen molar-refractivity contribution in [3.63, 3.8) is 0 Å². The second-order valence-electron chi connectivity index (χ2n) is 3.80. The molecule has 106 valence electrons. The number of alkyl halides is 2. The van der Waals surface area contributed by atoms with E-state index in [0.717, 1.165) is 7.11 Å². The van der Waals surface area contributed by atoms with Gasteiger partial charge in [0.1, 0.15) is 0 Å². The minimum Gasteiger partial charge on any atom is -0.772 e. The molecule has 0 heterocycles. The molecule has 1 aromatic rings. The highest BCUT2D eigenvalue weighted by Crippen LogP contribution is 2.28. The fraction of sp³-hybridized carbons (Fsp3) is 0.417. The van der Waals surface area contributed by atoms with Gasteiger partial charge in [-0.25, -0.2) is 13.6 Å². The highest BCUT2D eigenvalue weighted by Gasteiger charge is 2.21. The van der Waals surface area contributed by atoms with Gasteiger partial charge in [-0.05, 0) is 29.7 Å². The van der Waals surface area contributed by atoms with Crippen molar-refractivity contribution in [1.29, 1.82) is 0 Å². The molecule has 0 saturated carbocycles. The summed E-state index contributed by atoms with van der Waals surface area (Å²) in [7, 11) is 1.08. The highest BCUT2D eigenvalue weighted by molar-refractivity contribution is 7.78. The Hall–Kier alpha value is -1.34. The normalized spacial score (nSPS) is 12.5. The van der Waals surface area contributed by atoms with Gasteiger partial charge in [-0.2, -0.15) is 0 Å². The number of hydrogen-bond acceptors (Lipinski definition) is 4. The summed E-state index contributed by atoms with van der Waals surface area (Å²) in [4.78, 5) is 11.5. The van der Waals surface area contributed by atoms with Gasteiger partial charge in [0.2, 0.25) is 0 Å². The second-order valence-corrected chi connectivity index (χ2v) is 4.70. The molecule has 0 aliphatic rings. The summed E-state index contributed by atoms with van der Waals surface area (Å²) in [6.07, 6.45) is -2.43.